The molecule has 5 nitrogen and oxygen atoms in total. The average Bonchev–Trinajstić information content (AvgIpc) is 3.13. The molecule has 0 aromatic heterocycles. The molecule has 1 aliphatic carbocycles. The number of halogens is 3. The van der Waals surface area contributed by atoms with E-state index in [2.05, 4.69) is 0 Å². The Morgan fingerprint density at radius 1 is 1.32 bits per heavy atom. The summed E-state index contributed by atoms with van der Waals surface area (Å²) in [5, 5.41) is 8.23. The van der Waals surface area contributed by atoms with E-state index in [1.165, 1.54) is 23.1 Å². The number of carbonyl (C=O) groups is 1. The Bertz CT molecular complexity index is 799. The first-order valence-corrected chi connectivity index (χ1v) is 9.91. The number of carboxylic acids is 1. The number of benzene rings is 1. The minimum Gasteiger partial charge on any atom is -0.481 e. The molecule has 0 amide bonds. The molecule has 0 bridgehead atoms. The predicted octanol–water partition coefficient (Wildman–Crippen LogP) is 3.21. The van der Waals surface area contributed by atoms with Crippen LogP contribution in [0.3, 0.4) is 0 Å². The molecule has 1 aromatic carbocycles. The molecule has 2 atom stereocenters. The molecule has 1 saturated heterocycles. The van der Waals surface area contributed by atoms with Crippen LogP contribution in [-0.4, -0.2) is 43.8 Å². The number of nitrogens with zero attached hydrogens (tertiary/aromatic N) is 1. The molecule has 0 spiro atoms. The Labute approximate surface area is 149 Å². The molecule has 9 heteroatoms. The third-order valence-corrected chi connectivity index (χ3v) is 7.63. The highest BCUT2D eigenvalue weighted by molar-refractivity contribution is 7.92. The predicted molar refractivity (Wildman–Crippen MR) is 89.2 cm³/mol. The van der Waals surface area contributed by atoms with Gasteiger partial charge in [-0.3, -0.25) is 4.79 Å². The third-order valence-electron chi connectivity index (χ3n) is 4.93. The van der Waals surface area contributed by atoms with E-state index < -0.39 is 39.4 Å². The van der Waals surface area contributed by atoms with Crippen LogP contribution in [-0.2, 0) is 14.6 Å². The van der Waals surface area contributed by atoms with Crippen LogP contribution in [0.1, 0.15) is 25.7 Å². The Kier molecular flexibility index (Phi) is 4.70. The lowest BCUT2D eigenvalue weighted by atomic mass is 10.1. The standard InChI is InChI=1S/C16H18ClF2NO4S/c17-13-8-11(20-6-5-16(18,19)9-20)2-4-14(13)25(23,24)12-3-1-10(7-12)15(21)22/h2,4,8,10,12H,1,3,5-7,9H2,(H,21,22)/t10-,12-/m0/s1. The monoisotopic (exact) mass is 393 g/mol. The number of rotatable bonds is 4. The average molecular weight is 394 g/mol. The molecule has 1 aliphatic heterocycles. The minimum absolute atomic E-state index is 0.0218. The van der Waals surface area contributed by atoms with Crippen molar-refractivity contribution >= 4 is 33.1 Å². The maximum absolute atomic E-state index is 13.3. The van der Waals surface area contributed by atoms with Gasteiger partial charge in [0.2, 0.25) is 0 Å². The van der Waals surface area contributed by atoms with E-state index in [9.17, 15) is 22.0 Å². The molecule has 1 heterocycles. The third kappa shape index (κ3) is 3.60. The number of aliphatic carboxylic acids is 1. The first-order chi connectivity index (χ1) is 11.6. The lowest BCUT2D eigenvalue weighted by molar-refractivity contribution is -0.141. The summed E-state index contributed by atoms with van der Waals surface area (Å²) in [5.74, 6) is -4.41. The summed E-state index contributed by atoms with van der Waals surface area (Å²) >= 11 is 6.13. The highest BCUT2D eigenvalue weighted by atomic mass is 35.5. The van der Waals surface area contributed by atoms with Crippen LogP contribution in [0.5, 0.6) is 0 Å². The maximum atomic E-state index is 13.3. The van der Waals surface area contributed by atoms with E-state index >= 15 is 0 Å². The van der Waals surface area contributed by atoms with Crippen LogP contribution in [0.25, 0.3) is 0 Å². The van der Waals surface area contributed by atoms with Crippen molar-refractivity contribution in [1.82, 2.24) is 0 Å². The van der Waals surface area contributed by atoms with Crippen LogP contribution >= 0.6 is 11.6 Å². The first kappa shape index (κ1) is 18.4. The zero-order valence-electron chi connectivity index (χ0n) is 13.3. The van der Waals surface area contributed by atoms with E-state index in [0.717, 1.165) is 0 Å². The van der Waals surface area contributed by atoms with Crippen molar-refractivity contribution in [2.45, 2.75) is 41.8 Å². The van der Waals surface area contributed by atoms with Gasteiger partial charge in [-0.1, -0.05) is 11.6 Å². The van der Waals surface area contributed by atoms with Gasteiger partial charge in [-0.05, 0) is 37.5 Å². The summed E-state index contributed by atoms with van der Waals surface area (Å²) in [6.45, 7) is -0.239. The van der Waals surface area contributed by atoms with Gasteiger partial charge in [-0.2, -0.15) is 0 Å². The fourth-order valence-electron chi connectivity index (χ4n) is 3.50. The lowest BCUT2D eigenvalue weighted by Gasteiger charge is -2.20. The quantitative estimate of drug-likeness (QED) is 0.850. The van der Waals surface area contributed by atoms with Gasteiger partial charge in [-0.15, -0.1) is 0 Å². The van der Waals surface area contributed by atoms with Crippen molar-refractivity contribution in [3.63, 3.8) is 0 Å². The van der Waals surface area contributed by atoms with Crippen molar-refractivity contribution < 1.29 is 27.1 Å². The van der Waals surface area contributed by atoms with Gasteiger partial charge in [0.25, 0.3) is 5.92 Å². The van der Waals surface area contributed by atoms with Crippen molar-refractivity contribution in [1.29, 1.82) is 0 Å². The van der Waals surface area contributed by atoms with E-state index in [1.54, 1.807) is 0 Å². The largest absolute Gasteiger partial charge is 0.481 e. The molecule has 0 radical (unpaired) electrons. The second-order valence-electron chi connectivity index (χ2n) is 6.66. The molecule has 25 heavy (non-hydrogen) atoms. The molecule has 138 valence electrons. The zero-order valence-corrected chi connectivity index (χ0v) is 14.9. The topological polar surface area (TPSA) is 74.7 Å². The van der Waals surface area contributed by atoms with E-state index in [0.29, 0.717) is 12.1 Å². The summed E-state index contributed by atoms with van der Waals surface area (Å²) in [6, 6.07) is 4.20. The first-order valence-electron chi connectivity index (χ1n) is 7.99. The number of sulfone groups is 1. The Morgan fingerprint density at radius 3 is 2.56 bits per heavy atom. The molecule has 1 aromatic rings. The van der Waals surface area contributed by atoms with Crippen LogP contribution < -0.4 is 4.90 Å². The van der Waals surface area contributed by atoms with Gasteiger partial charge in [-0.25, -0.2) is 17.2 Å². The minimum atomic E-state index is -3.76. The summed E-state index contributed by atoms with van der Waals surface area (Å²) < 4.78 is 52.2. The van der Waals surface area contributed by atoms with Crippen LogP contribution in [0.2, 0.25) is 5.02 Å². The molecule has 3 rings (SSSR count). The lowest BCUT2D eigenvalue weighted by Crippen LogP contribution is -2.25. The van der Waals surface area contributed by atoms with E-state index in [1.807, 2.05) is 0 Å². The highest BCUT2D eigenvalue weighted by Gasteiger charge is 2.40. The van der Waals surface area contributed by atoms with Crippen LogP contribution in [0, 0.1) is 5.92 Å². The van der Waals surface area contributed by atoms with Gasteiger partial charge in [0.15, 0.2) is 9.84 Å². The number of hydrogen-bond acceptors (Lipinski definition) is 4. The molecule has 1 N–H and O–H groups in total. The van der Waals surface area contributed by atoms with E-state index in [-0.39, 0.29) is 35.7 Å². The molecule has 1 saturated carbocycles. The fourth-order valence-corrected chi connectivity index (χ4v) is 5.88. The summed E-state index contributed by atoms with van der Waals surface area (Å²) in [4.78, 5) is 12.4. The number of anilines is 1. The van der Waals surface area contributed by atoms with Gasteiger partial charge >= 0.3 is 5.97 Å². The number of hydrogen-bond donors (Lipinski definition) is 1. The molecule has 2 fully saturated rings. The van der Waals surface area contributed by atoms with Crippen molar-refractivity contribution in [2.24, 2.45) is 5.92 Å². The zero-order chi connectivity index (χ0) is 18.4. The summed E-state index contributed by atoms with van der Waals surface area (Å²) in [7, 11) is -3.76. The van der Waals surface area contributed by atoms with Gasteiger partial charge in [0, 0.05) is 18.7 Å². The van der Waals surface area contributed by atoms with Gasteiger partial charge in [0.05, 0.1) is 27.6 Å². The summed E-state index contributed by atoms with van der Waals surface area (Å²) in [5.41, 5.74) is 0.455. The molecular formula is C16H18ClF2NO4S. The second-order valence-corrected chi connectivity index (χ2v) is 9.26. The highest BCUT2D eigenvalue weighted by Crippen LogP contribution is 2.38. The van der Waals surface area contributed by atoms with Crippen LogP contribution in [0.4, 0.5) is 14.5 Å². The SMILES string of the molecule is O=C(O)[C@H]1CC[C@H](S(=O)(=O)c2ccc(N3CCC(F)(F)C3)cc2Cl)C1. The fraction of sp³-hybridized carbons (Fsp3) is 0.562. The van der Waals surface area contributed by atoms with Crippen LogP contribution in [0.15, 0.2) is 23.1 Å². The molecule has 0 unspecified atom stereocenters. The van der Waals surface area contributed by atoms with Crippen molar-refractivity contribution in [2.75, 3.05) is 18.0 Å². The Morgan fingerprint density at radius 2 is 2.04 bits per heavy atom. The Hall–Kier alpha value is -1.41. The second kappa shape index (κ2) is 6.39. The van der Waals surface area contributed by atoms with E-state index in [4.69, 9.17) is 16.7 Å². The molecule has 2 aliphatic rings. The summed E-state index contributed by atoms with van der Waals surface area (Å²) in [6.07, 6.45) is 0.408. The van der Waals surface area contributed by atoms with Gasteiger partial charge < -0.3 is 10.0 Å². The molecular weight excluding hydrogens is 376 g/mol. The Balaban J connectivity index is 1.82. The number of carboxylic acid groups (broad SMARTS) is 1. The van der Waals surface area contributed by atoms with Gasteiger partial charge in [0.1, 0.15) is 0 Å². The normalized spacial score (nSPS) is 26.1. The maximum Gasteiger partial charge on any atom is 0.306 e. The smallest absolute Gasteiger partial charge is 0.306 e. The van der Waals surface area contributed by atoms with Crippen molar-refractivity contribution in [3.05, 3.63) is 23.2 Å². The van der Waals surface area contributed by atoms with Crippen molar-refractivity contribution in [3.8, 4) is 0 Å². The number of alkyl halides is 2.